The van der Waals surface area contributed by atoms with Crippen molar-refractivity contribution in [3.05, 3.63) is 43.2 Å². The summed E-state index contributed by atoms with van der Waals surface area (Å²) in [5, 5.41) is 1.31. The van der Waals surface area contributed by atoms with Crippen molar-refractivity contribution in [3.8, 4) is 11.6 Å². The number of hydrogen-bond acceptors (Lipinski definition) is 3. The fourth-order valence-electron chi connectivity index (χ4n) is 1.63. The van der Waals surface area contributed by atoms with Crippen LogP contribution in [0.15, 0.2) is 16.6 Å². The second-order valence-corrected chi connectivity index (χ2v) is 6.44. The van der Waals surface area contributed by atoms with Crippen LogP contribution < -0.4 is 4.74 Å². The van der Waals surface area contributed by atoms with Gasteiger partial charge in [0.1, 0.15) is 16.7 Å². The minimum atomic E-state index is 0.378. The first-order valence-corrected chi connectivity index (χ1v) is 8.20. The highest BCUT2D eigenvalue weighted by atomic mass is 79.9. The normalized spacial score (nSPS) is 10.8. The molecule has 0 aliphatic heterocycles. The number of aromatic nitrogens is 2. The van der Waals surface area contributed by atoms with Gasteiger partial charge in [-0.2, -0.15) is 4.98 Å². The maximum Gasteiger partial charge on any atom is 0.227 e. The molecule has 0 radical (unpaired) electrons. The van der Waals surface area contributed by atoms with E-state index < -0.39 is 0 Å². The molecule has 0 aliphatic carbocycles. The van der Waals surface area contributed by atoms with Crippen LogP contribution in [-0.4, -0.2) is 9.97 Å². The number of hydrogen-bond donors (Lipinski definition) is 0. The highest BCUT2D eigenvalue weighted by Crippen LogP contribution is 2.37. The third kappa shape index (κ3) is 4.01. The van der Waals surface area contributed by atoms with Crippen molar-refractivity contribution in [3.63, 3.8) is 0 Å². The summed E-state index contributed by atoms with van der Waals surface area (Å²) in [6, 6.07) is 3.30. The van der Waals surface area contributed by atoms with Crippen molar-refractivity contribution < 1.29 is 4.74 Å². The molecule has 0 saturated carbocycles. The van der Waals surface area contributed by atoms with Gasteiger partial charge in [-0.15, -0.1) is 0 Å². The lowest BCUT2D eigenvalue weighted by atomic mass is 10.3. The second-order valence-electron chi connectivity index (χ2n) is 4.41. The average Bonchev–Trinajstić information content (AvgIpc) is 2.42. The van der Waals surface area contributed by atoms with Gasteiger partial charge in [-0.25, -0.2) is 4.98 Å². The molecule has 3 nitrogen and oxygen atoms in total. The van der Waals surface area contributed by atoms with Crippen molar-refractivity contribution in [2.75, 3.05) is 0 Å². The largest absolute Gasteiger partial charge is 0.437 e. The Morgan fingerprint density at radius 2 is 1.86 bits per heavy atom. The van der Waals surface area contributed by atoms with Gasteiger partial charge in [-0.1, -0.05) is 41.7 Å². The smallest absolute Gasteiger partial charge is 0.227 e. The standard InChI is InChI=1S/C14H12BrCl3N2O/c1-3-4-12-19-13(18)7(2)14(20-12)21-11-6-9(16)8(15)5-10(11)17/h5-6H,3-4H2,1-2H3. The molecule has 0 N–H and O–H groups in total. The summed E-state index contributed by atoms with van der Waals surface area (Å²) in [7, 11) is 0. The van der Waals surface area contributed by atoms with Crippen LogP contribution in [-0.2, 0) is 6.42 Å². The monoisotopic (exact) mass is 408 g/mol. The second kappa shape index (κ2) is 7.14. The summed E-state index contributed by atoms with van der Waals surface area (Å²) < 4.78 is 6.47. The molecule has 0 spiro atoms. The van der Waals surface area contributed by atoms with Gasteiger partial charge in [0.2, 0.25) is 5.88 Å². The van der Waals surface area contributed by atoms with E-state index in [1.165, 1.54) is 0 Å². The van der Waals surface area contributed by atoms with Crippen LogP contribution >= 0.6 is 50.7 Å². The number of halogens is 4. The van der Waals surface area contributed by atoms with E-state index in [2.05, 4.69) is 25.9 Å². The highest BCUT2D eigenvalue weighted by molar-refractivity contribution is 9.10. The van der Waals surface area contributed by atoms with Gasteiger partial charge in [0.05, 0.1) is 10.0 Å². The molecule has 1 aromatic carbocycles. The molecule has 0 atom stereocenters. The van der Waals surface area contributed by atoms with E-state index in [-0.39, 0.29) is 0 Å². The highest BCUT2D eigenvalue weighted by Gasteiger charge is 2.14. The van der Waals surface area contributed by atoms with Crippen LogP contribution in [0.2, 0.25) is 15.2 Å². The lowest BCUT2D eigenvalue weighted by Crippen LogP contribution is -2.01. The molecule has 0 fully saturated rings. The average molecular weight is 411 g/mol. The Bertz CT molecular complexity index is 680. The molecular weight excluding hydrogens is 398 g/mol. The molecule has 1 heterocycles. The molecule has 0 saturated heterocycles. The Hall–Kier alpha value is -0.550. The fraction of sp³-hybridized carbons (Fsp3) is 0.286. The number of benzene rings is 1. The molecule has 0 unspecified atom stereocenters. The van der Waals surface area contributed by atoms with Crippen molar-refractivity contribution >= 4 is 50.7 Å². The van der Waals surface area contributed by atoms with Crippen molar-refractivity contribution in [1.82, 2.24) is 9.97 Å². The molecule has 7 heteroatoms. The van der Waals surface area contributed by atoms with E-state index in [1.807, 2.05) is 6.92 Å². The Balaban J connectivity index is 2.41. The first kappa shape index (κ1) is 16.8. The number of aryl methyl sites for hydroxylation is 1. The van der Waals surface area contributed by atoms with Gasteiger partial charge in [-0.05, 0) is 35.3 Å². The van der Waals surface area contributed by atoms with Crippen LogP contribution in [0, 0.1) is 6.92 Å². The van der Waals surface area contributed by atoms with Gasteiger partial charge in [0.25, 0.3) is 0 Å². The quantitative estimate of drug-likeness (QED) is 0.441. The molecule has 2 aromatic rings. The van der Waals surface area contributed by atoms with E-state index in [9.17, 15) is 0 Å². The first-order chi connectivity index (χ1) is 9.92. The van der Waals surface area contributed by atoms with E-state index in [0.29, 0.717) is 42.7 Å². The summed E-state index contributed by atoms with van der Waals surface area (Å²) in [5.41, 5.74) is 0.659. The van der Waals surface area contributed by atoms with Crippen LogP contribution in [0.4, 0.5) is 0 Å². The minimum absolute atomic E-state index is 0.378. The topological polar surface area (TPSA) is 35.0 Å². The number of rotatable bonds is 4. The minimum Gasteiger partial charge on any atom is -0.437 e. The van der Waals surface area contributed by atoms with E-state index in [1.54, 1.807) is 19.1 Å². The van der Waals surface area contributed by atoms with Gasteiger partial charge >= 0.3 is 0 Å². The first-order valence-electron chi connectivity index (χ1n) is 6.27. The summed E-state index contributed by atoms with van der Waals surface area (Å²) in [5.74, 6) is 1.45. The lowest BCUT2D eigenvalue weighted by molar-refractivity contribution is 0.454. The summed E-state index contributed by atoms with van der Waals surface area (Å²) >= 11 is 21.6. The third-order valence-electron chi connectivity index (χ3n) is 2.74. The van der Waals surface area contributed by atoms with E-state index in [0.717, 1.165) is 12.8 Å². The van der Waals surface area contributed by atoms with Crippen molar-refractivity contribution in [2.24, 2.45) is 0 Å². The zero-order valence-corrected chi connectivity index (χ0v) is 15.2. The molecule has 1 aromatic heterocycles. The van der Waals surface area contributed by atoms with Gasteiger partial charge in [0, 0.05) is 22.5 Å². The summed E-state index contributed by atoms with van der Waals surface area (Å²) in [6.45, 7) is 3.84. The molecule has 21 heavy (non-hydrogen) atoms. The lowest BCUT2D eigenvalue weighted by Gasteiger charge is -2.12. The molecular formula is C14H12BrCl3N2O. The zero-order valence-electron chi connectivity index (χ0n) is 11.4. The SMILES string of the molecule is CCCc1nc(Cl)c(C)c(Oc2cc(Cl)c(Br)cc2Cl)n1. The van der Waals surface area contributed by atoms with Gasteiger partial charge in [-0.3, -0.25) is 0 Å². The molecule has 0 aliphatic rings. The molecule has 2 rings (SSSR count). The van der Waals surface area contributed by atoms with Gasteiger partial charge < -0.3 is 4.74 Å². The molecule has 112 valence electrons. The fourth-order valence-corrected chi connectivity index (χ4v) is 2.64. The summed E-state index contributed by atoms with van der Waals surface area (Å²) in [4.78, 5) is 8.61. The van der Waals surface area contributed by atoms with E-state index >= 15 is 0 Å². The number of nitrogens with zero attached hydrogens (tertiary/aromatic N) is 2. The Morgan fingerprint density at radius 1 is 1.14 bits per heavy atom. The third-order valence-corrected chi connectivity index (χ3v) is 4.60. The maximum atomic E-state index is 6.15. The van der Waals surface area contributed by atoms with Crippen molar-refractivity contribution in [1.29, 1.82) is 0 Å². The Labute approximate surface area is 146 Å². The van der Waals surface area contributed by atoms with E-state index in [4.69, 9.17) is 39.5 Å². The molecule has 0 amide bonds. The predicted molar refractivity (Wildman–Crippen MR) is 90.0 cm³/mol. The maximum absolute atomic E-state index is 6.15. The number of ether oxygens (including phenoxy) is 1. The van der Waals surface area contributed by atoms with Crippen LogP contribution in [0.3, 0.4) is 0 Å². The summed E-state index contributed by atoms with van der Waals surface area (Å²) in [6.07, 6.45) is 1.65. The van der Waals surface area contributed by atoms with Crippen LogP contribution in [0.1, 0.15) is 24.7 Å². The zero-order chi connectivity index (χ0) is 15.6. The predicted octanol–water partition coefficient (Wildman–Crippen LogP) is 6.25. The Morgan fingerprint density at radius 3 is 2.52 bits per heavy atom. The van der Waals surface area contributed by atoms with Gasteiger partial charge in [0.15, 0.2) is 0 Å². The molecule has 0 bridgehead atoms. The van der Waals surface area contributed by atoms with Crippen molar-refractivity contribution in [2.45, 2.75) is 26.7 Å². The Kier molecular flexibility index (Phi) is 5.72. The van der Waals surface area contributed by atoms with Crippen LogP contribution in [0.25, 0.3) is 0 Å². The van der Waals surface area contributed by atoms with Crippen LogP contribution in [0.5, 0.6) is 11.6 Å².